The van der Waals surface area contributed by atoms with E-state index in [9.17, 15) is 0 Å². The average Bonchev–Trinajstić information content (AvgIpc) is 2.68. The number of rotatable bonds is 17. The third-order valence-electron chi connectivity index (χ3n) is 6.58. The van der Waals surface area contributed by atoms with Gasteiger partial charge in [0.15, 0.2) is 0 Å². The molecule has 0 rings (SSSR count). The monoisotopic (exact) mass is 551 g/mol. The van der Waals surface area contributed by atoms with Gasteiger partial charge in [0, 0.05) is 72.9 Å². The number of hydrogen-bond acceptors (Lipinski definition) is 6. The molecule has 0 saturated heterocycles. The maximum absolute atomic E-state index is 2.57. The van der Waals surface area contributed by atoms with Crippen molar-refractivity contribution in [1.82, 2.24) is 19.6 Å². The Hall–Kier alpha value is 0.540. The Morgan fingerprint density at radius 1 is 0.361 bits per heavy atom. The van der Waals surface area contributed by atoms with E-state index in [1.54, 1.807) is 0 Å². The van der Waals surface area contributed by atoms with Crippen molar-refractivity contribution in [2.24, 2.45) is 0 Å². The van der Waals surface area contributed by atoms with Crippen LogP contribution in [0.15, 0.2) is 0 Å². The van der Waals surface area contributed by atoms with Gasteiger partial charge in [-0.15, -0.1) is 0 Å². The predicted molar refractivity (Wildman–Crippen MR) is 175 cm³/mol. The molecule has 0 N–H and O–H groups in total. The minimum atomic E-state index is 0. The van der Waals surface area contributed by atoms with Gasteiger partial charge in [-0.05, 0) is 111 Å². The minimum Gasteiger partial charge on any atom is -0.298 e. The molecule has 0 radical (unpaired) electrons. The lowest BCUT2D eigenvalue weighted by atomic mass is 10.2. The molecule has 0 unspecified atom stereocenters. The zero-order valence-corrected chi connectivity index (χ0v) is 28.4. The fourth-order valence-electron chi connectivity index (χ4n) is 4.66. The standard InChI is InChI=1S/C16H36N2S2.C13H30N2.CH4/c1-13(2)17(14(3)4)9-11-19-20-12-10-18(15(5)6)16(7)8;1-10(2)14(11(3)4)9-15(12(5)6)13(7)8;/h13-16H,9-12H2,1-8H3;10-13H,9H2,1-8H3;1H4. The van der Waals surface area contributed by atoms with Gasteiger partial charge in [0.2, 0.25) is 0 Å². The smallest absolute Gasteiger partial charge is 0.0516 e. The minimum absolute atomic E-state index is 0. The molecule has 0 aliphatic rings. The lowest BCUT2D eigenvalue weighted by Crippen LogP contribution is -2.49. The number of hydrogen-bond donors (Lipinski definition) is 0. The van der Waals surface area contributed by atoms with E-state index in [-0.39, 0.29) is 7.43 Å². The molecule has 0 saturated carbocycles. The molecular formula is C30H70N4S2. The van der Waals surface area contributed by atoms with Crippen LogP contribution in [0.3, 0.4) is 0 Å². The molecule has 0 fully saturated rings. The summed E-state index contributed by atoms with van der Waals surface area (Å²) in [5, 5.41) is 0. The van der Waals surface area contributed by atoms with Crippen LogP contribution >= 0.6 is 21.6 Å². The predicted octanol–water partition coefficient (Wildman–Crippen LogP) is 8.42. The van der Waals surface area contributed by atoms with Crippen molar-refractivity contribution in [3.63, 3.8) is 0 Å². The Labute approximate surface area is 238 Å². The second-order valence-corrected chi connectivity index (χ2v) is 14.7. The van der Waals surface area contributed by atoms with Gasteiger partial charge in [0.25, 0.3) is 0 Å². The van der Waals surface area contributed by atoms with Crippen LogP contribution in [-0.2, 0) is 0 Å². The first-order valence-electron chi connectivity index (χ1n) is 14.3. The van der Waals surface area contributed by atoms with Gasteiger partial charge < -0.3 is 0 Å². The van der Waals surface area contributed by atoms with Gasteiger partial charge in [0.05, 0.1) is 6.67 Å². The first-order chi connectivity index (χ1) is 16.0. The molecule has 0 atom stereocenters. The highest BCUT2D eigenvalue weighted by atomic mass is 33.1. The molecular weight excluding hydrogens is 480 g/mol. The molecule has 0 bridgehead atoms. The van der Waals surface area contributed by atoms with E-state index in [0.717, 1.165) is 6.67 Å². The average molecular weight is 551 g/mol. The van der Waals surface area contributed by atoms with Crippen LogP contribution in [0.25, 0.3) is 0 Å². The van der Waals surface area contributed by atoms with E-state index >= 15 is 0 Å². The maximum atomic E-state index is 2.57. The third-order valence-corrected chi connectivity index (χ3v) is 8.95. The fraction of sp³-hybridized carbons (Fsp3) is 1.00. The first-order valence-corrected chi connectivity index (χ1v) is 16.8. The first kappa shape index (κ1) is 41.0. The Morgan fingerprint density at radius 3 is 0.722 bits per heavy atom. The molecule has 0 heterocycles. The van der Waals surface area contributed by atoms with Crippen molar-refractivity contribution in [1.29, 1.82) is 0 Å². The highest BCUT2D eigenvalue weighted by Gasteiger charge is 2.20. The van der Waals surface area contributed by atoms with Crippen LogP contribution in [-0.4, -0.2) is 99.2 Å². The summed E-state index contributed by atoms with van der Waals surface area (Å²) in [6, 6.07) is 5.07. The summed E-state index contributed by atoms with van der Waals surface area (Å²) in [5.41, 5.74) is 0. The quantitative estimate of drug-likeness (QED) is 0.102. The van der Waals surface area contributed by atoms with Crippen LogP contribution in [0.1, 0.15) is 118 Å². The highest BCUT2D eigenvalue weighted by molar-refractivity contribution is 8.76. The van der Waals surface area contributed by atoms with Crippen molar-refractivity contribution in [3.05, 3.63) is 0 Å². The van der Waals surface area contributed by atoms with Crippen LogP contribution in [0, 0.1) is 0 Å². The Morgan fingerprint density at radius 2 is 0.556 bits per heavy atom. The van der Waals surface area contributed by atoms with Gasteiger partial charge in [-0.1, -0.05) is 29.0 Å². The van der Waals surface area contributed by atoms with Gasteiger partial charge in [0.1, 0.15) is 0 Å². The molecule has 0 spiro atoms. The van der Waals surface area contributed by atoms with Crippen LogP contribution in [0.2, 0.25) is 0 Å². The van der Waals surface area contributed by atoms with E-state index in [2.05, 4.69) is 130 Å². The summed E-state index contributed by atoms with van der Waals surface area (Å²) < 4.78 is 0. The topological polar surface area (TPSA) is 13.0 Å². The van der Waals surface area contributed by atoms with Crippen LogP contribution < -0.4 is 0 Å². The molecule has 0 aromatic carbocycles. The second-order valence-electron chi connectivity index (χ2n) is 12.0. The molecule has 6 heteroatoms. The summed E-state index contributed by atoms with van der Waals surface area (Å²) in [4.78, 5) is 10.2. The van der Waals surface area contributed by atoms with E-state index in [4.69, 9.17) is 0 Å². The maximum Gasteiger partial charge on any atom is 0.0516 e. The lowest BCUT2D eigenvalue weighted by molar-refractivity contribution is 0.0401. The molecule has 0 aromatic rings. The Kier molecular flexibility index (Phi) is 25.5. The van der Waals surface area contributed by atoms with Crippen molar-refractivity contribution >= 4 is 21.6 Å². The van der Waals surface area contributed by atoms with Gasteiger partial charge in [-0.3, -0.25) is 19.6 Å². The summed E-state index contributed by atoms with van der Waals surface area (Å²) in [6.07, 6.45) is 0. The Balaban J connectivity index is -0.000000612. The van der Waals surface area contributed by atoms with Gasteiger partial charge in [-0.2, -0.15) is 0 Å². The summed E-state index contributed by atoms with van der Waals surface area (Å²) in [5.74, 6) is 2.45. The van der Waals surface area contributed by atoms with E-state index in [0.29, 0.717) is 48.3 Å². The van der Waals surface area contributed by atoms with Crippen molar-refractivity contribution in [3.8, 4) is 0 Å². The molecule has 4 nitrogen and oxygen atoms in total. The van der Waals surface area contributed by atoms with E-state index in [1.165, 1.54) is 24.6 Å². The molecule has 0 amide bonds. The zero-order chi connectivity index (χ0) is 27.9. The zero-order valence-electron chi connectivity index (χ0n) is 26.8. The lowest BCUT2D eigenvalue weighted by Gasteiger charge is -2.39. The van der Waals surface area contributed by atoms with E-state index in [1.807, 2.05) is 21.6 Å². The van der Waals surface area contributed by atoms with Crippen molar-refractivity contribution in [2.45, 2.75) is 167 Å². The van der Waals surface area contributed by atoms with Crippen molar-refractivity contribution < 1.29 is 0 Å². The largest absolute Gasteiger partial charge is 0.298 e. The normalized spacial score (nSPS) is 12.7. The third kappa shape index (κ3) is 18.7. The Bertz CT molecular complexity index is 406. The molecule has 222 valence electrons. The highest BCUT2D eigenvalue weighted by Crippen LogP contribution is 2.22. The van der Waals surface area contributed by atoms with E-state index < -0.39 is 0 Å². The molecule has 36 heavy (non-hydrogen) atoms. The van der Waals surface area contributed by atoms with Crippen molar-refractivity contribution in [2.75, 3.05) is 31.3 Å². The van der Waals surface area contributed by atoms with Crippen LogP contribution in [0.5, 0.6) is 0 Å². The van der Waals surface area contributed by atoms with Gasteiger partial charge >= 0.3 is 0 Å². The van der Waals surface area contributed by atoms with Crippen LogP contribution in [0.4, 0.5) is 0 Å². The molecule has 0 aromatic heterocycles. The van der Waals surface area contributed by atoms with Gasteiger partial charge in [-0.25, -0.2) is 0 Å². The fourth-order valence-corrected chi connectivity index (χ4v) is 6.62. The summed E-state index contributed by atoms with van der Waals surface area (Å²) in [7, 11) is 4.06. The summed E-state index contributed by atoms with van der Waals surface area (Å²) in [6.45, 7) is 40.0. The second kappa shape index (κ2) is 22.4. The molecule has 0 aliphatic heterocycles. The number of nitrogens with zero attached hydrogens (tertiary/aromatic N) is 4. The SMILES string of the molecule is C.CC(C)N(CCSSCCN(C(C)C)C(C)C)C(C)C.CC(C)N(CN(C(C)C)C(C)C)C(C)C. The molecule has 0 aliphatic carbocycles. The summed E-state index contributed by atoms with van der Waals surface area (Å²) >= 11 is 0.